The molecule has 0 atom stereocenters. The van der Waals surface area contributed by atoms with Crippen molar-refractivity contribution in [2.45, 2.75) is 52.6 Å². The van der Waals surface area contributed by atoms with Gasteiger partial charge in [-0.3, -0.25) is 4.57 Å². The normalized spacial score (nSPS) is 17.4. The zero-order valence-electron chi connectivity index (χ0n) is 13.3. The Hall–Kier alpha value is -1.66. The standard InChI is InChI=1S/C15H25F2N5/c1-3-15(6-5-7-15)11-21-14(18-4-2)20-10-12-19-8-9-22(12)13(16)17/h8-9,13H,3-7,10-11H2,1-2H3,(H2,18,20,21). The van der Waals surface area contributed by atoms with Crippen LogP contribution in [-0.4, -0.2) is 28.6 Å². The Kier molecular flexibility index (Phi) is 5.74. The quantitative estimate of drug-likeness (QED) is 0.601. The molecule has 22 heavy (non-hydrogen) atoms. The van der Waals surface area contributed by atoms with Crippen molar-refractivity contribution >= 4 is 5.96 Å². The van der Waals surface area contributed by atoms with Crippen LogP contribution in [0.5, 0.6) is 0 Å². The molecule has 0 unspecified atom stereocenters. The molecule has 7 heteroatoms. The topological polar surface area (TPSA) is 54.2 Å². The number of alkyl halides is 2. The molecule has 1 aliphatic rings. The number of nitrogens with one attached hydrogen (secondary N) is 2. The molecule has 5 nitrogen and oxygen atoms in total. The first-order valence-electron chi connectivity index (χ1n) is 7.92. The van der Waals surface area contributed by atoms with Crippen molar-refractivity contribution in [3.8, 4) is 0 Å². The second-order valence-corrected chi connectivity index (χ2v) is 5.78. The van der Waals surface area contributed by atoms with Gasteiger partial charge in [0.25, 0.3) is 0 Å². The number of hydrogen-bond acceptors (Lipinski definition) is 2. The largest absolute Gasteiger partial charge is 0.357 e. The summed E-state index contributed by atoms with van der Waals surface area (Å²) in [6.07, 6.45) is 7.57. The monoisotopic (exact) mass is 313 g/mol. The number of guanidine groups is 1. The van der Waals surface area contributed by atoms with Crippen LogP contribution in [0.4, 0.5) is 8.78 Å². The Morgan fingerprint density at radius 2 is 2.18 bits per heavy atom. The summed E-state index contributed by atoms with van der Waals surface area (Å²) in [5.74, 6) is 0.923. The molecule has 0 saturated heterocycles. The number of imidazole rings is 1. The molecule has 1 aliphatic carbocycles. The van der Waals surface area contributed by atoms with E-state index in [4.69, 9.17) is 0 Å². The fourth-order valence-electron chi connectivity index (χ4n) is 2.74. The van der Waals surface area contributed by atoms with E-state index in [2.05, 4.69) is 27.5 Å². The molecule has 1 heterocycles. The van der Waals surface area contributed by atoms with E-state index in [1.165, 1.54) is 31.7 Å². The van der Waals surface area contributed by atoms with Crippen LogP contribution < -0.4 is 10.6 Å². The summed E-state index contributed by atoms with van der Waals surface area (Å²) < 4.78 is 26.4. The van der Waals surface area contributed by atoms with Crippen molar-refractivity contribution in [1.82, 2.24) is 20.2 Å². The van der Waals surface area contributed by atoms with Gasteiger partial charge in [-0.2, -0.15) is 8.78 Å². The maximum Gasteiger partial charge on any atom is 0.319 e. The molecule has 0 radical (unpaired) electrons. The SMILES string of the molecule is CCNC(=NCc1nccn1C(F)F)NCC1(CC)CCC1. The summed E-state index contributed by atoms with van der Waals surface area (Å²) in [6, 6.07) is 0. The third-order valence-electron chi connectivity index (χ3n) is 4.48. The Balaban J connectivity index is 1.96. The molecule has 1 fully saturated rings. The Bertz CT molecular complexity index is 488. The highest BCUT2D eigenvalue weighted by Gasteiger charge is 2.34. The summed E-state index contributed by atoms with van der Waals surface area (Å²) in [4.78, 5) is 8.31. The first kappa shape index (κ1) is 16.7. The Morgan fingerprint density at radius 1 is 1.41 bits per heavy atom. The van der Waals surface area contributed by atoms with Gasteiger partial charge in [0, 0.05) is 25.5 Å². The highest BCUT2D eigenvalue weighted by molar-refractivity contribution is 5.79. The predicted octanol–water partition coefficient (Wildman–Crippen LogP) is 2.91. The molecular weight excluding hydrogens is 288 g/mol. The molecule has 2 rings (SSSR count). The lowest BCUT2D eigenvalue weighted by atomic mass is 9.67. The fourth-order valence-corrected chi connectivity index (χ4v) is 2.74. The van der Waals surface area contributed by atoms with E-state index in [0.717, 1.165) is 24.1 Å². The van der Waals surface area contributed by atoms with Crippen LogP contribution in [0.2, 0.25) is 0 Å². The molecular formula is C15H25F2N5. The first-order chi connectivity index (χ1) is 10.6. The molecule has 1 saturated carbocycles. The number of nitrogens with zero attached hydrogens (tertiary/aromatic N) is 3. The molecule has 0 aromatic carbocycles. The molecule has 1 aromatic rings. The average molecular weight is 313 g/mol. The predicted molar refractivity (Wildman–Crippen MR) is 82.9 cm³/mol. The van der Waals surface area contributed by atoms with E-state index < -0.39 is 6.55 Å². The Morgan fingerprint density at radius 3 is 2.73 bits per heavy atom. The van der Waals surface area contributed by atoms with Crippen LogP contribution in [0.3, 0.4) is 0 Å². The van der Waals surface area contributed by atoms with Crippen LogP contribution >= 0.6 is 0 Å². The molecule has 0 bridgehead atoms. The van der Waals surface area contributed by atoms with Crippen LogP contribution in [0.1, 0.15) is 51.9 Å². The van der Waals surface area contributed by atoms with Gasteiger partial charge >= 0.3 is 6.55 Å². The van der Waals surface area contributed by atoms with Gasteiger partial charge in [0.15, 0.2) is 5.96 Å². The summed E-state index contributed by atoms with van der Waals surface area (Å²) in [7, 11) is 0. The van der Waals surface area contributed by atoms with E-state index in [-0.39, 0.29) is 12.4 Å². The first-order valence-corrected chi connectivity index (χ1v) is 7.92. The van der Waals surface area contributed by atoms with Crippen LogP contribution in [-0.2, 0) is 6.54 Å². The summed E-state index contributed by atoms with van der Waals surface area (Å²) in [6.45, 7) is 3.35. The molecule has 1 aromatic heterocycles. The lowest BCUT2D eigenvalue weighted by Gasteiger charge is -2.41. The number of hydrogen-bond donors (Lipinski definition) is 2. The van der Waals surface area contributed by atoms with Gasteiger partial charge in [-0.05, 0) is 31.6 Å². The van der Waals surface area contributed by atoms with Gasteiger partial charge in [-0.25, -0.2) is 9.98 Å². The maximum atomic E-state index is 12.8. The number of halogens is 2. The van der Waals surface area contributed by atoms with E-state index in [1.807, 2.05) is 6.92 Å². The zero-order valence-corrected chi connectivity index (χ0v) is 13.3. The van der Waals surface area contributed by atoms with Gasteiger partial charge in [0.2, 0.25) is 0 Å². The van der Waals surface area contributed by atoms with Crippen LogP contribution in [0.25, 0.3) is 0 Å². The molecule has 0 amide bonds. The lowest BCUT2D eigenvalue weighted by Crippen LogP contribution is -2.46. The maximum absolute atomic E-state index is 12.8. The smallest absolute Gasteiger partial charge is 0.319 e. The van der Waals surface area contributed by atoms with Gasteiger partial charge in [-0.1, -0.05) is 13.3 Å². The molecule has 124 valence electrons. The highest BCUT2D eigenvalue weighted by atomic mass is 19.3. The van der Waals surface area contributed by atoms with Gasteiger partial charge in [0.05, 0.1) is 0 Å². The van der Waals surface area contributed by atoms with Crippen molar-refractivity contribution in [2.75, 3.05) is 13.1 Å². The van der Waals surface area contributed by atoms with Crippen molar-refractivity contribution < 1.29 is 8.78 Å². The van der Waals surface area contributed by atoms with E-state index >= 15 is 0 Å². The lowest BCUT2D eigenvalue weighted by molar-refractivity contribution is 0.0671. The van der Waals surface area contributed by atoms with Gasteiger partial charge in [0.1, 0.15) is 12.4 Å². The minimum absolute atomic E-state index is 0.131. The van der Waals surface area contributed by atoms with Crippen molar-refractivity contribution in [3.63, 3.8) is 0 Å². The van der Waals surface area contributed by atoms with E-state index in [0.29, 0.717) is 11.4 Å². The Labute approximate surface area is 130 Å². The van der Waals surface area contributed by atoms with Gasteiger partial charge in [-0.15, -0.1) is 0 Å². The van der Waals surface area contributed by atoms with Gasteiger partial charge < -0.3 is 10.6 Å². The van der Waals surface area contributed by atoms with Crippen LogP contribution in [0, 0.1) is 5.41 Å². The zero-order chi connectivity index (χ0) is 16.0. The molecule has 0 spiro atoms. The third kappa shape index (κ3) is 3.96. The van der Waals surface area contributed by atoms with Crippen molar-refractivity contribution in [2.24, 2.45) is 10.4 Å². The number of aliphatic imine (C=N–C) groups is 1. The minimum atomic E-state index is -2.58. The minimum Gasteiger partial charge on any atom is -0.357 e. The van der Waals surface area contributed by atoms with Crippen molar-refractivity contribution in [1.29, 1.82) is 0 Å². The van der Waals surface area contributed by atoms with E-state index in [1.54, 1.807) is 0 Å². The third-order valence-corrected chi connectivity index (χ3v) is 4.48. The fraction of sp³-hybridized carbons (Fsp3) is 0.733. The second kappa shape index (κ2) is 7.56. The number of rotatable bonds is 7. The molecule has 0 aliphatic heterocycles. The van der Waals surface area contributed by atoms with Crippen LogP contribution in [0.15, 0.2) is 17.4 Å². The molecule has 2 N–H and O–H groups in total. The average Bonchev–Trinajstić information content (AvgIpc) is 2.92. The number of aromatic nitrogens is 2. The summed E-state index contributed by atoms with van der Waals surface area (Å²) in [5.41, 5.74) is 0.373. The second-order valence-electron chi connectivity index (χ2n) is 5.78. The summed E-state index contributed by atoms with van der Waals surface area (Å²) in [5, 5.41) is 6.49. The summed E-state index contributed by atoms with van der Waals surface area (Å²) >= 11 is 0. The van der Waals surface area contributed by atoms with Crippen molar-refractivity contribution in [3.05, 3.63) is 18.2 Å². The van der Waals surface area contributed by atoms with E-state index in [9.17, 15) is 8.78 Å². The highest BCUT2D eigenvalue weighted by Crippen LogP contribution is 2.42.